The number of para-hydroxylation sites is 1. The molecule has 0 amide bonds. The van der Waals surface area contributed by atoms with Gasteiger partial charge in [-0.15, -0.1) is 0 Å². The molecule has 0 spiro atoms. The van der Waals surface area contributed by atoms with Crippen molar-refractivity contribution in [1.82, 2.24) is 14.5 Å². The topological polar surface area (TPSA) is 50.9 Å². The number of fused-ring (bicyclic) bond motifs is 1. The first-order valence-corrected chi connectivity index (χ1v) is 18.1. The first kappa shape index (κ1) is 28.3. The molecule has 0 radical (unpaired) electrons. The number of hydrogen-bond acceptors (Lipinski definition) is 3. The molecular formula is C50H45N3O. The number of hydrogen-bond donors (Lipinski definition) is 1. The number of imidazole rings is 1. The number of rotatable bonds is 6. The fourth-order valence-electron chi connectivity index (χ4n) is 7.22. The Labute approximate surface area is 326 Å². The van der Waals surface area contributed by atoms with Gasteiger partial charge in [0.1, 0.15) is 11.6 Å². The molecule has 0 saturated heterocycles. The second-order valence-electron chi connectivity index (χ2n) is 15.1. The Morgan fingerprint density at radius 3 is 2.09 bits per heavy atom. The van der Waals surface area contributed by atoms with E-state index < -0.39 is 13.7 Å². The molecule has 2 heterocycles. The number of pyridine rings is 1. The van der Waals surface area contributed by atoms with E-state index in [4.69, 9.17) is 18.2 Å². The SMILES string of the molecule is [2H]C([2H])([2H])c1ccc(-c2ccnc(-c3cc(-c4cccc5c4nc(-c4cc(C)cc(C)c4O)n5-c4ccc(-c5ccccc5)cc4C([2H])([2H])[2H])cc(C(C)(C)C)c3)c2)cc1. The van der Waals surface area contributed by atoms with Crippen LogP contribution < -0.4 is 0 Å². The van der Waals surface area contributed by atoms with Crippen molar-refractivity contribution in [2.75, 3.05) is 0 Å². The van der Waals surface area contributed by atoms with Crippen molar-refractivity contribution in [2.24, 2.45) is 0 Å². The summed E-state index contributed by atoms with van der Waals surface area (Å²) >= 11 is 0. The average molecular weight is 710 g/mol. The molecule has 0 aliphatic heterocycles. The number of aromatic nitrogens is 3. The summed E-state index contributed by atoms with van der Waals surface area (Å²) in [5.74, 6) is 0.497. The van der Waals surface area contributed by atoms with E-state index in [1.807, 2.05) is 115 Å². The zero-order chi connectivity index (χ0) is 42.7. The van der Waals surface area contributed by atoms with Crippen LogP contribution in [0, 0.1) is 27.6 Å². The summed E-state index contributed by atoms with van der Waals surface area (Å²) in [7, 11) is 0. The highest BCUT2D eigenvalue weighted by Crippen LogP contribution is 2.42. The van der Waals surface area contributed by atoms with E-state index in [1.165, 1.54) is 0 Å². The molecule has 4 heteroatoms. The lowest BCUT2D eigenvalue weighted by molar-refractivity contribution is 0.472. The highest BCUT2D eigenvalue weighted by molar-refractivity contribution is 5.97. The van der Waals surface area contributed by atoms with Crippen LogP contribution in [0.25, 0.3) is 72.7 Å². The van der Waals surface area contributed by atoms with Gasteiger partial charge in [-0.05, 0) is 132 Å². The van der Waals surface area contributed by atoms with Gasteiger partial charge in [0.2, 0.25) is 0 Å². The van der Waals surface area contributed by atoms with E-state index in [2.05, 4.69) is 39.0 Å². The molecule has 2 aromatic heterocycles. The summed E-state index contributed by atoms with van der Waals surface area (Å²) in [6.07, 6.45) is 1.77. The number of benzene rings is 6. The molecule has 8 rings (SSSR count). The molecule has 0 bridgehead atoms. The van der Waals surface area contributed by atoms with Crippen LogP contribution in [0.2, 0.25) is 0 Å². The van der Waals surface area contributed by atoms with Crippen molar-refractivity contribution in [2.45, 2.75) is 53.7 Å². The molecule has 266 valence electrons. The second kappa shape index (κ2) is 13.6. The van der Waals surface area contributed by atoms with Gasteiger partial charge in [0.15, 0.2) is 0 Å². The Hall–Kier alpha value is -6.26. The van der Waals surface area contributed by atoms with Crippen LogP contribution in [0.4, 0.5) is 0 Å². The Kier molecular flexibility index (Phi) is 7.13. The van der Waals surface area contributed by atoms with E-state index in [0.29, 0.717) is 33.7 Å². The lowest BCUT2D eigenvalue weighted by Crippen LogP contribution is -2.11. The summed E-state index contributed by atoms with van der Waals surface area (Å²) in [4.78, 5) is 10.1. The maximum absolute atomic E-state index is 11.6. The number of phenolic OH excluding ortho intramolecular Hbond substituents is 1. The zero-order valence-electron chi connectivity index (χ0n) is 37.1. The van der Waals surface area contributed by atoms with Gasteiger partial charge < -0.3 is 5.11 Å². The summed E-state index contributed by atoms with van der Waals surface area (Å²) < 4.78 is 51.5. The fraction of sp³-hybridized carbons (Fsp3) is 0.160. The summed E-state index contributed by atoms with van der Waals surface area (Å²) in [5.41, 5.74) is 12.0. The molecule has 4 nitrogen and oxygen atoms in total. The van der Waals surface area contributed by atoms with Crippen LogP contribution in [0.5, 0.6) is 5.75 Å². The van der Waals surface area contributed by atoms with Crippen molar-refractivity contribution in [3.8, 4) is 67.5 Å². The van der Waals surface area contributed by atoms with E-state index >= 15 is 0 Å². The van der Waals surface area contributed by atoms with Gasteiger partial charge in [-0.1, -0.05) is 111 Å². The lowest BCUT2D eigenvalue weighted by Gasteiger charge is -2.22. The third-order valence-electron chi connectivity index (χ3n) is 10.1. The molecule has 8 aromatic rings. The van der Waals surface area contributed by atoms with Crippen molar-refractivity contribution < 1.29 is 13.3 Å². The Balaban J connectivity index is 1.36. The molecule has 0 fully saturated rings. The molecule has 0 aliphatic carbocycles. The van der Waals surface area contributed by atoms with Crippen molar-refractivity contribution in [3.63, 3.8) is 0 Å². The van der Waals surface area contributed by atoms with Gasteiger partial charge >= 0.3 is 0 Å². The van der Waals surface area contributed by atoms with Crippen LogP contribution in [-0.2, 0) is 5.41 Å². The standard InChI is InChI=1S/C50H45N3O/c1-31-16-18-36(19-17-31)38-22-23-51-44(30-38)40-27-39(28-41(29-40)50(5,6)7)42-14-11-15-46-47(42)52-49(43-25-32(2)24-34(4)48(43)54)53(46)45-21-20-37(26-33(45)3)35-12-9-8-10-13-35/h8-30,54H,1-7H3/i1D3,3D3. The summed E-state index contributed by atoms with van der Waals surface area (Å²) in [5, 5.41) is 11.6. The number of phenols is 1. The molecule has 0 saturated carbocycles. The minimum Gasteiger partial charge on any atom is -0.507 e. The zero-order valence-corrected chi connectivity index (χ0v) is 31.1. The highest BCUT2D eigenvalue weighted by atomic mass is 16.3. The van der Waals surface area contributed by atoms with Gasteiger partial charge in [-0.3, -0.25) is 9.55 Å². The van der Waals surface area contributed by atoms with Crippen molar-refractivity contribution in [1.29, 1.82) is 0 Å². The quantitative estimate of drug-likeness (QED) is 0.187. The van der Waals surface area contributed by atoms with E-state index in [1.54, 1.807) is 24.4 Å². The normalized spacial score (nSPS) is 13.8. The predicted octanol–water partition coefficient (Wildman–Crippen LogP) is 13.0. The van der Waals surface area contributed by atoms with Crippen LogP contribution in [0.15, 0.2) is 140 Å². The second-order valence-corrected chi connectivity index (χ2v) is 15.1. The van der Waals surface area contributed by atoms with Crippen LogP contribution >= 0.6 is 0 Å². The number of aryl methyl sites for hydroxylation is 4. The van der Waals surface area contributed by atoms with Gasteiger partial charge in [0, 0.05) is 25.5 Å². The Morgan fingerprint density at radius 1 is 0.593 bits per heavy atom. The predicted molar refractivity (Wildman–Crippen MR) is 225 cm³/mol. The highest BCUT2D eigenvalue weighted by Gasteiger charge is 2.23. The monoisotopic (exact) mass is 709 g/mol. The van der Waals surface area contributed by atoms with Gasteiger partial charge in [-0.25, -0.2) is 4.98 Å². The average Bonchev–Trinajstić information content (AvgIpc) is 3.61. The Bertz CT molecular complexity index is 2900. The van der Waals surface area contributed by atoms with Gasteiger partial charge in [0.25, 0.3) is 0 Å². The maximum Gasteiger partial charge on any atom is 0.149 e. The molecule has 0 atom stereocenters. The first-order chi connectivity index (χ1) is 28.4. The van der Waals surface area contributed by atoms with Crippen LogP contribution in [0.1, 0.15) is 56.8 Å². The minimum absolute atomic E-state index is 0.0751. The third-order valence-corrected chi connectivity index (χ3v) is 10.1. The first-order valence-electron chi connectivity index (χ1n) is 21.1. The largest absolute Gasteiger partial charge is 0.507 e. The van der Waals surface area contributed by atoms with Crippen LogP contribution in [-0.4, -0.2) is 19.6 Å². The van der Waals surface area contributed by atoms with Crippen LogP contribution in [0.3, 0.4) is 0 Å². The van der Waals surface area contributed by atoms with Crippen molar-refractivity contribution in [3.05, 3.63) is 167 Å². The molecule has 0 unspecified atom stereocenters. The Morgan fingerprint density at radius 2 is 1.33 bits per heavy atom. The van der Waals surface area contributed by atoms with E-state index in [0.717, 1.165) is 55.8 Å². The summed E-state index contributed by atoms with van der Waals surface area (Å²) in [6.45, 7) is 5.64. The lowest BCUT2D eigenvalue weighted by atomic mass is 9.83. The van der Waals surface area contributed by atoms with Crippen molar-refractivity contribution >= 4 is 11.0 Å². The third kappa shape index (κ3) is 6.49. The van der Waals surface area contributed by atoms with Gasteiger partial charge in [-0.2, -0.15) is 0 Å². The number of nitrogens with zero attached hydrogens (tertiary/aromatic N) is 3. The molecule has 54 heavy (non-hydrogen) atoms. The molecular weight excluding hydrogens is 659 g/mol. The van der Waals surface area contributed by atoms with E-state index in [-0.39, 0.29) is 22.3 Å². The fourth-order valence-corrected chi connectivity index (χ4v) is 7.22. The smallest absolute Gasteiger partial charge is 0.149 e. The minimum atomic E-state index is -2.48. The molecule has 0 aliphatic rings. The number of aromatic hydroxyl groups is 1. The molecule has 6 aromatic carbocycles. The molecule has 1 N–H and O–H groups in total. The van der Waals surface area contributed by atoms with E-state index in [9.17, 15) is 5.11 Å². The van der Waals surface area contributed by atoms with Gasteiger partial charge in [0.05, 0.1) is 28.0 Å². The summed E-state index contributed by atoms with van der Waals surface area (Å²) in [6, 6.07) is 42.2. The maximum atomic E-state index is 11.6.